The van der Waals surface area contributed by atoms with Crippen LogP contribution in [0.1, 0.15) is 0 Å². The minimum atomic E-state index is -3.68. The van der Waals surface area contributed by atoms with Gasteiger partial charge < -0.3 is 0 Å². The molecule has 0 aliphatic heterocycles. The second-order valence-electron chi connectivity index (χ2n) is 2.30. The van der Waals surface area contributed by atoms with Crippen LogP contribution in [0.4, 0.5) is 8.78 Å². The molecule has 0 aromatic heterocycles. The summed E-state index contributed by atoms with van der Waals surface area (Å²) in [5.74, 6) is -1.68. The molecule has 1 aromatic rings. The van der Waals surface area contributed by atoms with Crippen molar-refractivity contribution >= 4 is 32.4 Å². The van der Waals surface area contributed by atoms with Gasteiger partial charge >= 0.3 is 0 Å². The van der Waals surface area contributed by atoms with Crippen molar-refractivity contribution in [3.05, 3.63) is 29.8 Å². The van der Waals surface area contributed by atoms with Crippen LogP contribution in [0.25, 0.3) is 0 Å². The van der Waals surface area contributed by atoms with Gasteiger partial charge in [-0.1, -0.05) is 22.6 Å². The Morgan fingerprint density at radius 2 is 1.92 bits per heavy atom. The first kappa shape index (κ1) is 10.8. The zero-order valence-corrected chi connectivity index (χ0v) is 9.27. The number of halogens is 3. The molecule has 0 aliphatic rings. The lowest BCUT2D eigenvalue weighted by atomic mass is 10.3. The fourth-order valence-corrected chi connectivity index (χ4v) is 2.56. The van der Waals surface area contributed by atoms with E-state index in [1.54, 1.807) is 22.6 Å². The van der Waals surface area contributed by atoms with Gasteiger partial charge in [-0.05, 0) is 18.2 Å². The van der Waals surface area contributed by atoms with E-state index in [1.807, 2.05) is 0 Å². The molecule has 0 radical (unpaired) electrons. The quantitative estimate of drug-likeness (QED) is 0.618. The van der Waals surface area contributed by atoms with Gasteiger partial charge in [0, 0.05) is 0 Å². The van der Waals surface area contributed by atoms with Gasteiger partial charge in [0.05, 0.1) is 0 Å². The maximum absolute atomic E-state index is 12.9. The summed E-state index contributed by atoms with van der Waals surface area (Å²) < 4.78 is 47.5. The zero-order chi connectivity index (χ0) is 10.1. The first-order valence-corrected chi connectivity index (χ1v) is 6.39. The topological polar surface area (TPSA) is 34.1 Å². The number of hydrogen-bond acceptors (Lipinski definition) is 2. The fourth-order valence-electron chi connectivity index (χ4n) is 0.774. The van der Waals surface area contributed by atoms with Gasteiger partial charge in [-0.25, -0.2) is 17.2 Å². The summed E-state index contributed by atoms with van der Waals surface area (Å²) in [4.78, 5) is -0.582. The summed E-state index contributed by atoms with van der Waals surface area (Å²) in [6.07, 6.45) is 0. The van der Waals surface area contributed by atoms with Gasteiger partial charge in [0.15, 0.2) is 9.84 Å². The smallest absolute Gasteiger partial charge is 0.190 e. The van der Waals surface area contributed by atoms with E-state index in [-0.39, 0.29) is 3.76 Å². The summed E-state index contributed by atoms with van der Waals surface area (Å²) in [7, 11) is -3.68. The van der Waals surface area contributed by atoms with Gasteiger partial charge in [0.25, 0.3) is 0 Å². The molecule has 0 N–H and O–H groups in total. The molecule has 0 unspecified atom stereocenters. The van der Waals surface area contributed by atoms with Crippen LogP contribution in [-0.2, 0) is 9.84 Å². The lowest BCUT2D eigenvalue weighted by Gasteiger charge is -2.01. The largest absolute Gasteiger partial charge is 0.223 e. The van der Waals surface area contributed by atoms with E-state index in [9.17, 15) is 17.2 Å². The molecule has 0 saturated carbocycles. The second kappa shape index (κ2) is 3.87. The molecule has 0 saturated heterocycles. The van der Waals surface area contributed by atoms with E-state index in [4.69, 9.17) is 0 Å². The predicted octanol–water partition coefficient (Wildman–Crippen LogP) is 2.13. The zero-order valence-electron chi connectivity index (χ0n) is 6.30. The number of sulfone groups is 1. The van der Waals surface area contributed by atoms with Crippen molar-refractivity contribution < 1.29 is 17.2 Å². The number of benzene rings is 1. The molecule has 0 amide bonds. The normalized spacial score (nSPS) is 11.6. The van der Waals surface area contributed by atoms with Crippen LogP contribution in [0.5, 0.6) is 0 Å². The lowest BCUT2D eigenvalue weighted by molar-refractivity contribution is 0.555. The third-order valence-corrected chi connectivity index (χ3v) is 5.10. The van der Waals surface area contributed by atoms with Crippen molar-refractivity contribution in [1.82, 2.24) is 0 Å². The molecule has 0 aliphatic carbocycles. The van der Waals surface area contributed by atoms with Gasteiger partial charge in [0.2, 0.25) is 0 Å². The molecule has 13 heavy (non-hydrogen) atoms. The van der Waals surface area contributed by atoms with E-state index in [0.29, 0.717) is 6.07 Å². The highest BCUT2D eigenvalue weighted by Gasteiger charge is 2.18. The molecule has 0 atom stereocenters. The molecule has 1 rings (SSSR count). The van der Waals surface area contributed by atoms with E-state index in [2.05, 4.69) is 0 Å². The van der Waals surface area contributed by atoms with Crippen molar-refractivity contribution in [1.29, 1.82) is 0 Å². The average molecular weight is 318 g/mol. The van der Waals surface area contributed by atoms with Crippen LogP contribution in [0.2, 0.25) is 0 Å². The van der Waals surface area contributed by atoms with Crippen molar-refractivity contribution in [2.24, 2.45) is 0 Å². The van der Waals surface area contributed by atoms with Crippen molar-refractivity contribution in [2.45, 2.75) is 4.90 Å². The SMILES string of the molecule is O=S(=O)(CI)c1cc(F)ccc1F. The molecular formula is C7H5F2IO2S. The molecule has 2 nitrogen and oxygen atoms in total. The number of hydrogen-bond donors (Lipinski definition) is 0. The van der Waals surface area contributed by atoms with Crippen molar-refractivity contribution in [3.8, 4) is 0 Å². The highest BCUT2D eigenvalue weighted by molar-refractivity contribution is 14.1. The summed E-state index contributed by atoms with van der Waals surface area (Å²) >= 11 is 1.59. The van der Waals surface area contributed by atoms with Gasteiger partial charge in [-0.2, -0.15) is 0 Å². The molecule has 0 spiro atoms. The summed E-state index contributed by atoms with van der Waals surface area (Å²) in [6.45, 7) is 0. The molecule has 0 bridgehead atoms. The van der Waals surface area contributed by atoms with Crippen LogP contribution < -0.4 is 0 Å². The third kappa shape index (κ3) is 2.37. The van der Waals surface area contributed by atoms with Crippen molar-refractivity contribution in [3.63, 3.8) is 0 Å². The third-order valence-electron chi connectivity index (χ3n) is 1.37. The van der Waals surface area contributed by atoms with E-state index >= 15 is 0 Å². The molecule has 1 aromatic carbocycles. The predicted molar refractivity (Wildman–Crippen MR) is 52.4 cm³/mol. The Hall–Kier alpha value is -0.240. The Labute approximate surface area is 88.0 Å². The minimum Gasteiger partial charge on any atom is -0.223 e. The maximum Gasteiger partial charge on any atom is 0.190 e. The van der Waals surface area contributed by atoms with Crippen LogP contribution in [0.15, 0.2) is 23.1 Å². The molecule has 0 heterocycles. The highest BCUT2D eigenvalue weighted by Crippen LogP contribution is 2.18. The number of alkyl halides is 1. The first-order chi connectivity index (χ1) is 5.97. The molecule has 72 valence electrons. The Balaban J connectivity index is 3.38. The summed E-state index contributed by atoms with van der Waals surface area (Å²) in [5.41, 5.74) is 0. The van der Waals surface area contributed by atoms with Crippen LogP contribution in [-0.4, -0.2) is 12.2 Å². The van der Waals surface area contributed by atoms with Crippen LogP contribution in [0, 0.1) is 11.6 Å². The van der Waals surface area contributed by atoms with E-state index < -0.39 is 26.4 Å². The van der Waals surface area contributed by atoms with Gasteiger partial charge in [-0.3, -0.25) is 0 Å². The van der Waals surface area contributed by atoms with Crippen LogP contribution in [0.3, 0.4) is 0 Å². The molecular weight excluding hydrogens is 313 g/mol. The van der Waals surface area contributed by atoms with E-state index in [0.717, 1.165) is 12.1 Å². The molecule has 0 fully saturated rings. The van der Waals surface area contributed by atoms with Gasteiger partial charge in [-0.15, -0.1) is 0 Å². The Kier molecular flexibility index (Phi) is 3.23. The highest BCUT2D eigenvalue weighted by atomic mass is 127. The Bertz CT molecular complexity index is 417. The lowest BCUT2D eigenvalue weighted by Crippen LogP contribution is -2.04. The monoisotopic (exact) mass is 318 g/mol. The molecule has 6 heteroatoms. The van der Waals surface area contributed by atoms with Gasteiger partial charge in [0.1, 0.15) is 20.3 Å². The minimum absolute atomic E-state index is 0.273. The number of rotatable bonds is 2. The van der Waals surface area contributed by atoms with E-state index in [1.165, 1.54) is 0 Å². The summed E-state index contributed by atoms with van der Waals surface area (Å²) in [5, 5.41) is 0. The van der Waals surface area contributed by atoms with Crippen LogP contribution >= 0.6 is 22.6 Å². The Morgan fingerprint density at radius 3 is 2.46 bits per heavy atom. The van der Waals surface area contributed by atoms with Crippen molar-refractivity contribution in [2.75, 3.05) is 3.76 Å². The summed E-state index contributed by atoms with van der Waals surface area (Å²) in [6, 6.07) is 2.36. The standard InChI is InChI=1S/C7H5F2IO2S/c8-5-1-2-6(9)7(3-5)13(11,12)4-10/h1-3H,4H2. The first-order valence-electron chi connectivity index (χ1n) is 3.21. The Morgan fingerprint density at radius 1 is 1.31 bits per heavy atom. The maximum atomic E-state index is 12.9. The average Bonchev–Trinajstić information content (AvgIpc) is 2.09. The second-order valence-corrected chi connectivity index (χ2v) is 6.05. The fraction of sp³-hybridized carbons (Fsp3) is 0.143.